The normalized spacial score (nSPS) is 61.4. The van der Waals surface area contributed by atoms with Gasteiger partial charge >= 0.3 is 5.97 Å². The minimum absolute atomic E-state index is 0.0449. The van der Waals surface area contributed by atoms with Crippen LogP contribution in [0, 0.1) is 52.3 Å². The molecule has 1 spiro atoms. The molecule has 27 heavy (non-hydrogen) atoms. The zero-order chi connectivity index (χ0) is 18.3. The van der Waals surface area contributed by atoms with Crippen molar-refractivity contribution in [2.45, 2.75) is 58.0 Å². The zero-order valence-electron chi connectivity index (χ0n) is 16.2. The molecule has 7 aliphatic rings. The molecule has 1 heterocycles. The number of hydrogen-bond acceptors (Lipinski definition) is 3. The third-order valence-corrected chi connectivity index (χ3v) is 10.5. The smallest absolute Gasteiger partial charge is 0.306 e. The van der Waals surface area contributed by atoms with Gasteiger partial charge in [-0.2, -0.15) is 0 Å². The Labute approximate surface area is 160 Å². The number of ketones is 1. The van der Waals surface area contributed by atoms with Crippen LogP contribution in [0.25, 0.3) is 0 Å². The second kappa shape index (κ2) is 4.28. The van der Waals surface area contributed by atoms with Crippen LogP contribution in [-0.2, 0) is 14.3 Å². The number of carbonyl (C=O) groups excluding carboxylic acids is 2. The Morgan fingerprint density at radius 3 is 2.70 bits per heavy atom. The number of allylic oxidation sites excluding steroid dienone is 4. The molecule has 0 aromatic heterocycles. The third kappa shape index (κ3) is 1.53. The molecule has 142 valence electrons. The molecule has 7 rings (SSSR count). The van der Waals surface area contributed by atoms with Crippen LogP contribution in [0.2, 0.25) is 0 Å². The first kappa shape index (κ1) is 15.5. The summed E-state index contributed by atoms with van der Waals surface area (Å²) in [4.78, 5) is 24.2. The lowest BCUT2D eigenvalue weighted by Crippen LogP contribution is -2.57. The minimum atomic E-state index is -0.149. The number of carbonyl (C=O) groups is 2. The average molecular weight is 364 g/mol. The predicted octanol–water partition coefficient (Wildman–Crippen LogP) is 4.08. The summed E-state index contributed by atoms with van der Waals surface area (Å²) in [5, 5.41) is 0. The van der Waals surface area contributed by atoms with Crippen LogP contribution in [-0.4, -0.2) is 17.4 Å². The maximum absolute atomic E-state index is 12.1. The van der Waals surface area contributed by atoms with E-state index in [1.165, 1.54) is 31.3 Å². The van der Waals surface area contributed by atoms with E-state index >= 15 is 0 Å². The van der Waals surface area contributed by atoms with Gasteiger partial charge in [0.15, 0.2) is 5.78 Å². The van der Waals surface area contributed by atoms with E-state index in [0.29, 0.717) is 30.1 Å². The molecule has 1 unspecified atom stereocenters. The van der Waals surface area contributed by atoms with Crippen molar-refractivity contribution in [3.05, 3.63) is 23.8 Å². The lowest BCUT2D eigenvalue weighted by atomic mass is 9.46. The van der Waals surface area contributed by atoms with Crippen LogP contribution in [0.15, 0.2) is 23.8 Å². The summed E-state index contributed by atoms with van der Waals surface area (Å²) in [7, 11) is 0. The van der Waals surface area contributed by atoms with E-state index in [9.17, 15) is 9.59 Å². The molecule has 0 radical (unpaired) electrons. The highest BCUT2D eigenvalue weighted by atomic mass is 16.6. The maximum atomic E-state index is 12.1. The van der Waals surface area contributed by atoms with Gasteiger partial charge in [-0.05, 0) is 79.8 Å². The van der Waals surface area contributed by atoms with Gasteiger partial charge in [0.05, 0.1) is 0 Å². The average Bonchev–Trinajstić information content (AvgIpc) is 3.53. The highest BCUT2D eigenvalue weighted by Crippen LogP contribution is 2.82. The van der Waals surface area contributed by atoms with Crippen LogP contribution < -0.4 is 0 Å². The summed E-state index contributed by atoms with van der Waals surface area (Å²) in [5.41, 5.74) is 1.54. The zero-order valence-corrected chi connectivity index (χ0v) is 16.2. The molecule has 3 nitrogen and oxygen atoms in total. The maximum Gasteiger partial charge on any atom is 0.306 e. The quantitative estimate of drug-likeness (QED) is 0.608. The van der Waals surface area contributed by atoms with E-state index in [0.717, 1.165) is 24.2 Å². The van der Waals surface area contributed by atoms with Crippen molar-refractivity contribution in [3.8, 4) is 0 Å². The van der Waals surface area contributed by atoms with E-state index in [2.05, 4.69) is 19.9 Å². The summed E-state index contributed by atoms with van der Waals surface area (Å²) in [5.74, 6) is 5.16. The van der Waals surface area contributed by atoms with Crippen LogP contribution in [0.5, 0.6) is 0 Å². The Bertz CT molecular complexity index is 869. The third-order valence-electron chi connectivity index (χ3n) is 10.5. The molecule has 0 aromatic carbocycles. The summed E-state index contributed by atoms with van der Waals surface area (Å²) in [6.07, 6.45) is 12.6. The molecule has 0 bridgehead atoms. The number of hydrogen-bond donors (Lipinski definition) is 0. The van der Waals surface area contributed by atoms with E-state index < -0.39 is 0 Å². The van der Waals surface area contributed by atoms with Crippen molar-refractivity contribution in [2.75, 3.05) is 0 Å². The van der Waals surface area contributed by atoms with Crippen molar-refractivity contribution < 1.29 is 14.3 Å². The van der Waals surface area contributed by atoms with Gasteiger partial charge in [-0.25, -0.2) is 0 Å². The molecule has 6 aliphatic carbocycles. The SMILES string of the molecule is C[C@]12C=CC(=O)C=C1C1C[C@@H]1[C@H]1[C@@H]3[C@@H]4C[C@@H]4[C@@]4(CCC(=O)O4)[C@@]3(C)CC[C@@H]12. The fourth-order valence-electron chi connectivity index (χ4n) is 9.38. The Morgan fingerprint density at radius 2 is 1.93 bits per heavy atom. The van der Waals surface area contributed by atoms with Gasteiger partial charge in [0.25, 0.3) is 0 Å². The molecule has 0 amide bonds. The van der Waals surface area contributed by atoms with Crippen molar-refractivity contribution in [1.29, 1.82) is 0 Å². The van der Waals surface area contributed by atoms with Gasteiger partial charge in [0, 0.05) is 23.2 Å². The molecule has 0 aromatic rings. The summed E-state index contributed by atoms with van der Waals surface area (Å²) >= 11 is 0. The van der Waals surface area contributed by atoms with Gasteiger partial charge in [-0.1, -0.05) is 25.5 Å². The van der Waals surface area contributed by atoms with Crippen molar-refractivity contribution in [1.82, 2.24) is 0 Å². The van der Waals surface area contributed by atoms with E-state index in [-0.39, 0.29) is 28.2 Å². The van der Waals surface area contributed by atoms with Crippen LogP contribution in [0.1, 0.15) is 52.4 Å². The topological polar surface area (TPSA) is 43.4 Å². The summed E-state index contributed by atoms with van der Waals surface area (Å²) < 4.78 is 6.20. The van der Waals surface area contributed by atoms with Crippen LogP contribution in [0.3, 0.4) is 0 Å². The fourth-order valence-corrected chi connectivity index (χ4v) is 9.38. The van der Waals surface area contributed by atoms with E-state index in [1.54, 1.807) is 0 Å². The van der Waals surface area contributed by atoms with Crippen LogP contribution >= 0.6 is 0 Å². The molecule has 10 atom stereocenters. The number of rotatable bonds is 0. The van der Waals surface area contributed by atoms with Gasteiger partial charge < -0.3 is 4.74 Å². The number of ether oxygens (including phenoxy) is 1. The second-order valence-corrected chi connectivity index (χ2v) is 11.2. The Morgan fingerprint density at radius 1 is 1.07 bits per heavy atom. The molecular weight excluding hydrogens is 336 g/mol. The Hall–Kier alpha value is -1.38. The summed E-state index contributed by atoms with van der Waals surface area (Å²) in [6.45, 7) is 4.88. The van der Waals surface area contributed by atoms with E-state index in [1.807, 2.05) is 12.2 Å². The molecule has 3 heteroatoms. The highest BCUT2D eigenvalue weighted by molar-refractivity contribution is 6.01. The van der Waals surface area contributed by atoms with Gasteiger partial charge in [0.1, 0.15) is 5.60 Å². The second-order valence-electron chi connectivity index (χ2n) is 11.2. The van der Waals surface area contributed by atoms with Gasteiger partial charge in [-0.3, -0.25) is 9.59 Å². The fraction of sp³-hybridized carbons (Fsp3) is 0.750. The lowest BCUT2D eigenvalue weighted by Gasteiger charge is -2.59. The van der Waals surface area contributed by atoms with Crippen molar-refractivity contribution in [3.63, 3.8) is 0 Å². The molecule has 5 saturated carbocycles. The first-order chi connectivity index (χ1) is 12.9. The largest absolute Gasteiger partial charge is 0.458 e. The molecule has 0 N–H and O–H groups in total. The highest BCUT2D eigenvalue weighted by Gasteiger charge is 2.80. The van der Waals surface area contributed by atoms with Crippen molar-refractivity contribution in [2.24, 2.45) is 52.3 Å². The standard InChI is InChI=1S/C24H28O3/c1-22-6-3-12(25)9-17(22)13-10-14(13)20-16(22)4-7-23(2)21(20)15-11-18(15)24(23)8-5-19(26)27-24/h3,6,9,13-16,18,20-21H,4-5,7-8,10-11H2,1-2H3/t13?,14-,15+,16-,18-,20+,21-,22+,23-,24-/m0/s1. The molecule has 1 aliphatic heterocycles. The van der Waals surface area contributed by atoms with Gasteiger partial charge in [0.2, 0.25) is 0 Å². The number of esters is 1. The molecule has 6 fully saturated rings. The lowest BCUT2D eigenvalue weighted by molar-refractivity contribution is -0.176. The minimum Gasteiger partial charge on any atom is -0.458 e. The van der Waals surface area contributed by atoms with E-state index in [4.69, 9.17) is 4.74 Å². The Kier molecular flexibility index (Phi) is 2.46. The number of fused-ring (bicyclic) bond motifs is 12. The Balaban J connectivity index is 1.34. The van der Waals surface area contributed by atoms with Crippen molar-refractivity contribution >= 4 is 11.8 Å². The first-order valence-electron chi connectivity index (χ1n) is 11.1. The van der Waals surface area contributed by atoms with Gasteiger partial charge in [-0.15, -0.1) is 0 Å². The van der Waals surface area contributed by atoms with Crippen LogP contribution in [0.4, 0.5) is 0 Å². The molecule has 1 saturated heterocycles. The monoisotopic (exact) mass is 364 g/mol. The first-order valence-corrected chi connectivity index (χ1v) is 11.1. The summed E-state index contributed by atoms with van der Waals surface area (Å²) in [6, 6.07) is 0. The predicted molar refractivity (Wildman–Crippen MR) is 99.4 cm³/mol. The molecular formula is C24H28O3.